The number of hydrogen-bond donors (Lipinski definition) is 4. The molecule has 0 spiro atoms. The molecule has 8 rings (SSSR count). The smallest absolute Gasteiger partial charge is 0.224 e. The standard InChI is InChI=1S/C29H39N9O2/c30-25-23(33-24-26(31)35-28(32)36-27(24)34-25)20-1-3-22(4-2-20)40-16-21(39)15-37-5-7-38(8-6-37)29-12-17-9-18(13-29)11-19(10-17)14-29/h1-4,17-19,21,39H,5-16H2,(H6,30,31,32,34,35,36). The minimum Gasteiger partial charge on any atom is -0.491 e. The van der Waals surface area contributed by atoms with Crippen LogP contribution in [-0.4, -0.2) is 85.8 Å². The van der Waals surface area contributed by atoms with E-state index in [1.807, 2.05) is 24.3 Å². The lowest BCUT2D eigenvalue weighted by Gasteiger charge is -2.61. The highest BCUT2D eigenvalue weighted by molar-refractivity contribution is 5.87. The highest BCUT2D eigenvalue weighted by atomic mass is 16.5. The van der Waals surface area contributed by atoms with E-state index < -0.39 is 6.10 Å². The van der Waals surface area contributed by atoms with Gasteiger partial charge in [0, 0.05) is 43.8 Å². The van der Waals surface area contributed by atoms with Gasteiger partial charge in [-0.25, -0.2) is 9.97 Å². The zero-order chi connectivity index (χ0) is 27.4. The van der Waals surface area contributed by atoms with Crippen LogP contribution in [0.5, 0.6) is 5.75 Å². The summed E-state index contributed by atoms with van der Waals surface area (Å²) in [4.78, 5) is 22.0. The summed E-state index contributed by atoms with van der Waals surface area (Å²) in [5.74, 6) is 3.99. The zero-order valence-corrected chi connectivity index (χ0v) is 22.9. The van der Waals surface area contributed by atoms with Gasteiger partial charge in [0.1, 0.15) is 24.2 Å². The predicted molar refractivity (Wildman–Crippen MR) is 154 cm³/mol. The number of aromatic nitrogens is 4. The van der Waals surface area contributed by atoms with Crippen LogP contribution in [0.15, 0.2) is 24.3 Å². The molecule has 5 aliphatic rings. The van der Waals surface area contributed by atoms with Gasteiger partial charge in [0.2, 0.25) is 5.95 Å². The molecule has 4 bridgehead atoms. The molecule has 1 saturated heterocycles. The van der Waals surface area contributed by atoms with Crippen LogP contribution in [0.4, 0.5) is 17.6 Å². The molecule has 1 atom stereocenters. The van der Waals surface area contributed by atoms with Gasteiger partial charge in [-0.1, -0.05) is 0 Å². The van der Waals surface area contributed by atoms with Gasteiger partial charge in [-0.15, -0.1) is 0 Å². The first-order valence-electron chi connectivity index (χ1n) is 14.6. The van der Waals surface area contributed by atoms with Gasteiger partial charge in [-0.3, -0.25) is 9.80 Å². The second-order valence-electron chi connectivity index (χ2n) is 12.5. The third-order valence-electron chi connectivity index (χ3n) is 9.69. The van der Waals surface area contributed by atoms with Gasteiger partial charge in [0.25, 0.3) is 0 Å². The highest BCUT2D eigenvalue weighted by Crippen LogP contribution is 2.57. The summed E-state index contributed by atoms with van der Waals surface area (Å²) in [6.45, 7) is 5.14. The summed E-state index contributed by atoms with van der Waals surface area (Å²) in [7, 11) is 0. The number of rotatable bonds is 7. The second-order valence-corrected chi connectivity index (χ2v) is 12.5. The Morgan fingerprint density at radius 3 is 2.15 bits per heavy atom. The first-order chi connectivity index (χ1) is 19.3. The van der Waals surface area contributed by atoms with Gasteiger partial charge in [0.15, 0.2) is 22.8 Å². The molecule has 4 aliphatic carbocycles. The predicted octanol–water partition coefficient (Wildman–Crippen LogP) is 2.16. The molecule has 0 amide bonds. The number of hydrogen-bond acceptors (Lipinski definition) is 11. The van der Waals surface area contributed by atoms with E-state index in [1.165, 1.54) is 38.5 Å². The maximum atomic E-state index is 10.7. The number of β-amino-alcohol motifs (C(OH)–C–C–N with tert-alkyl or cyclic N) is 1. The molecule has 40 heavy (non-hydrogen) atoms. The number of nitrogens with two attached hydrogens (primary N) is 3. The number of fused-ring (bicyclic) bond motifs is 1. The number of anilines is 3. The fourth-order valence-electron chi connectivity index (χ4n) is 8.32. The van der Waals surface area contributed by atoms with E-state index in [0.717, 1.165) is 49.5 Å². The van der Waals surface area contributed by atoms with Crippen LogP contribution in [0, 0.1) is 17.8 Å². The van der Waals surface area contributed by atoms with Gasteiger partial charge in [-0.2, -0.15) is 9.97 Å². The Kier molecular flexibility index (Phi) is 6.40. The highest BCUT2D eigenvalue weighted by Gasteiger charge is 2.53. The van der Waals surface area contributed by atoms with Crippen molar-refractivity contribution in [2.75, 3.05) is 56.5 Å². The maximum absolute atomic E-state index is 10.7. The molecule has 3 heterocycles. The number of aliphatic hydroxyl groups excluding tert-OH is 1. The average Bonchev–Trinajstić information content (AvgIpc) is 2.91. The number of piperazine rings is 1. The van der Waals surface area contributed by atoms with E-state index in [9.17, 15) is 5.11 Å². The Bertz CT molecular complexity index is 1360. The van der Waals surface area contributed by atoms with Crippen LogP contribution in [-0.2, 0) is 0 Å². The maximum Gasteiger partial charge on any atom is 0.224 e. The second kappa shape index (κ2) is 9.97. The Labute approximate surface area is 234 Å². The number of ether oxygens (including phenoxy) is 1. The van der Waals surface area contributed by atoms with Crippen molar-refractivity contribution in [2.45, 2.75) is 50.2 Å². The summed E-state index contributed by atoms with van der Waals surface area (Å²) < 4.78 is 5.91. The summed E-state index contributed by atoms with van der Waals surface area (Å²) in [6, 6.07) is 7.37. The lowest BCUT2D eigenvalue weighted by Crippen LogP contribution is -2.64. The number of aliphatic hydroxyl groups is 1. The Balaban J connectivity index is 0.917. The summed E-state index contributed by atoms with van der Waals surface area (Å²) in [6.07, 6.45) is 8.17. The SMILES string of the molecule is Nc1nc(N)c2nc(-c3ccc(OCC(O)CN4CCN(C56CC7CC(CC(C7)C5)C6)CC4)cc3)c(N)nc2n1. The van der Waals surface area contributed by atoms with E-state index in [-0.39, 0.29) is 29.8 Å². The van der Waals surface area contributed by atoms with Crippen molar-refractivity contribution in [2.24, 2.45) is 17.8 Å². The molecule has 11 heteroatoms. The molecule has 5 fully saturated rings. The van der Waals surface area contributed by atoms with Crippen LogP contribution in [0.1, 0.15) is 38.5 Å². The third kappa shape index (κ3) is 4.80. The van der Waals surface area contributed by atoms with E-state index >= 15 is 0 Å². The van der Waals surface area contributed by atoms with Crippen molar-refractivity contribution in [3.63, 3.8) is 0 Å². The van der Waals surface area contributed by atoms with Crippen molar-refractivity contribution in [3.8, 4) is 17.0 Å². The van der Waals surface area contributed by atoms with E-state index in [0.29, 0.717) is 29.0 Å². The molecule has 0 radical (unpaired) electrons. The van der Waals surface area contributed by atoms with Gasteiger partial charge in [0.05, 0.1) is 0 Å². The number of nitrogen functional groups attached to an aromatic ring is 3. The normalized spacial score (nSPS) is 29.2. The molecule has 1 aliphatic heterocycles. The van der Waals surface area contributed by atoms with E-state index in [2.05, 4.69) is 29.7 Å². The molecule has 4 saturated carbocycles. The van der Waals surface area contributed by atoms with Crippen molar-refractivity contribution >= 4 is 28.7 Å². The molecule has 212 valence electrons. The van der Waals surface area contributed by atoms with Crippen LogP contribution < -0.4 is 21.9 Å². The van der Waals surface area contributed by atoms with Crippen molar-refractivity contribution in [1.29, 1.82) is 0 Å². The first-order valence-corrected chi connectivity index (χ1v) is 14.6. The monoisotopic (exact) mass is 545 g/mol. The Morgan fingerprint density at radius 2 is 1.50 bits per heavy atom. The van der Waals surface area contributed by atoms with Gasteiger partial charge >= 0.3 is 0 Å². The fourth-order valence-corrected chi connectivity index (χ4v) is 8.32. The molecule has 3 aromatic rings. The molecular formula is C29H39N9O2. The fraction of sp³-hybridized carbons (Fsp3) is 0.586. The van der Waals surface area contributed by atoms with Crippen LogP contribution in [0.25, 0.3) is 22.4 Å². The van der Waals surface area contributed by atoms with E-state index in [4.69, 9.17) is 21.9 Å². The van der Waals surface area contributed by atoms with E-state index in [1.54, 1.807) is 0 Å². The molecule has 7 N–H and O–H groups in total. The summed E-state index contributed by atoms with van der Waals surface area (Å²) in [5.41, 5.74) is 20.1. The zero-order valence-electron chi connectivity index (χ0n) is 22.9. The lowest BCUT2D eigenvalue weighted by atomic mass is 9.52. The minimum absolute atomic E-state index is 0.0231. The molecule has 2 aromatic heterocycles. The van der Waals surface area contributed by atoms with Crippen molar-refractivity contribution in [1.82, 2.24) is 29.7 Å². The quantitative estimate of drug-likeness (QED) is 0.344. The topological polar surface area (TPSA) is 166 Å². The van der Waals surface area contributed by atoms with Gasteiger partial charge < -0.3 is 27.0 Å². The van der Waals surface area contributed by atoms with Crippen molar-refractivity contribution in [3.05, 3.63) is 24.3 Å². The molecule has 1 aromatic carbocycles. The van der Waals surface area contributed by atoms with Crippen LogP contribution >= 0.6 is 0 Å². The number of nitrogens with zero attached hydrogens (tertiary/aromatic N) is 6. The first kappa shape index (κ1) is 25.7. The van der Waals surface area contributed by atoms with Gasteiger partial charge in [-0.05, 0) is 80.5 Å². The molecule has 1 unspecified atom stereocenters. The van der Waals surface area contributed by atoms with Crippen LogP contribution in [0.2, 0.25) is 0 Å². The number of benzene rings is 1. The summed E-state index contributed by atoms with van der Waals surface area (Å²) >= 11 is 0. The average molecular weight is 546 g/mol. The molecular weight excluding hydrogens is 506 g/mol. The van der Waals surface area contributed by atoms with Crippen LogP contribution in [0.3, 0.4) is 0 Å². The Hall–Kier alpha value is -3.28. The van der Waals surface area contributed by atoms with Crippen molar-refractivity contribution < 1.29 is 9.84 Å². The molecule has 11 nitrogen and oxygen atoms in total. The minimum atomic E-state index is -0.553. The Morgan fingerprint density at radius 1 is 0.850 bits per heavy atom. The largest absolute Gasteiger partial charge is 0.491 e. The summed E-state index contributed by atoms with van der Waals surface area (Å²) in [5, 5.41) is 10.7. The lowest BCUT2D eigenvalue weighted by molar-refractivity contribution is -0.103. The third-order valence-corrected chi connectivity index (χ3v) is 9.69.